The molecule has 0 spiro atoms. The Bertz CT molecular complexity index is 943. The van der Waals surface area contributed by atoms with Gasteiger partial charge < -0.3 is 36.2 Å². The maximum atomic E-state index is 9.84. The van der Waals surface area contributed by atoms with E-state index >= 15 is 0 Å². The van der Waals surface area contributed by atoms with Gasteiger partial charge >= 0.3 is 0 Å². The van der Waals surface area contributed by atoms with Crippen LogP contribution < -0.4 is 15.8 Å². The van der Waals surface area contributed by atoms with E-state index < -0.39 is 12.2 Å². The molecule has 7 heteroatoms. The predicted octanol–water partition coefficient (Wildman–Crippen LogP) is 2.67. The summed E-state index contributed by atoms with van der Waals surface area (Å²) in [6.45, 7) is 5.04. The van der Waals surface area contributed by atoms with Crippen LogP contribution in [0.4, 0.5) is 0 Å². The average molecular weight is 429 g/mol. The van der Waals surface area contributed by atoms with Gasteiger partial charge in [-0.1, -0.05) is 56.3 Å². The van der Waals surface area contributed by atoms with E-state index in [1.54, 1.807) is 0 Å². The van der Waals surface area contributed by atoms with Crippen LogP contribution in [-0.2, 0) is 0 Å². The number of benzene rings is 3. The van der Waals surface area contributed by atoms with Gasteiger partial charge in [0.2, 0.25) is 0 Å². The molecule has 3 aromatic rings. The number of fused-ring (bicyclic) bond motifs is 1. The van der Waals surface area contributed by atoms with Gasteiger partial charge in [-0.05, 0) is 29.1 Å². The van der Waals surface area contributed by atoms with Crippen molar-refractivity contribution < 1.29 is 25.2 Å². The van der Waals surface area contributed by atoms with Crippen molar-refractivity contribution in [2.75, 3.05) is 19.7 Å². The number of nitrogens with two attached hydrogens (primary N) is 1. The van der Waals surface area contributed by atoms with Gasteiger partial charge in [0.15, 0.2) is 11.5 Å². The molecule has 0 bridgehead atoms. The number of aliphatic hydroxyl groups is 2. The first kappa shape index (κ1) is 24.4. The molecule has 0 amide bonds. The molecule has 7 nitrogen and oxygen atoms in total. The van der Waals surface area contributed by atoms with Crippen molar-refractivity contribution in [2.45, 2.75) is 32.1 Å². The Morgan fingerprint density at radius 3 is 2.32 bits per heavy atom. The fraction of sp³-hybridized carbons (Fsp3) is 0.333. The van der Waals surface area contributed by atoms with Crippen LogP contribution >= 0.6 is 0 Å². The van der Waals surface area contributed by atoms with E-state index in [2.05, 4.69) is 31.3 Å². The lowest BCUT2D eigenvalue weighted by molar-refractivity contribution is 0.105. The number of rotatable bonds is 8. The second-order valence-electron chi connectivity index (χ2n) is 7.50. The fourth-order valence-electron chi connectivity index (χ4n) is 2.82. The number of hydrogen-bond donors (Lipinski definition) is 6. The minimum Gasteiger partial charge on any atom is -0.504 e. The molecular weight excluding hydrogens is 396 g/mol. The lowest BCUT2D eigenvalue weighted by Gasteiger charge is -2.15. The van der Waals surface area contributed by atoms with Crippen LogP contribution in [0.15, 0.2) is 60.7 Å². The van der Waals surface area contributed by atoms with Gasteiger partial charge in [0.05, 0.1) is 6.10 Å². The molecule has 168 valence electrons. The van der Waals surface area contributed by atoms with E-state index in [9.17, 15) is 10.2 Å². The Morgan fingerprint density at radius 2 is 1.65 bits per heavy atom. The topological polar surface area (TPSA) is 128 Å². The summed E-state index contributed by atoms with van der Waals surface area (Å²) < 4.78 is 5.72. The molecule has 0 aliphatic rings. The van der Waals surface area contributed by atoms with Crippen LogP contribution in [0.25, 0.3) is 10.8 Å². The molecule has 0 radical (unpaired) electrons. The highest BCUT2D eigenvalue weighted by molar-refractivity contribution is 5.88. The quantitative estimate of drug-likeness (QED) is 0.304. The number of nitrogens with one attached hydrogen (secondary N) is 1. The minimum absolute atomic E-state index is 0.0875. The standard InChI is InChI=1S/C16H21NO2.C8H11NO3/c1-12(2)17-10-14(18)11-19-16-9-5-7-13-6-3-4-8-15(13)16;9-4-8(12)5-1-2-6(10)7(11)3-5/h3-9,12,14,17-18H,10-11H2,1-2H3;1-3,8,10-12H,4,9H2/t;8-/m.0/s1. The molecule has 2 atom stereocenters. The third-order valence-electron chi connectivity index (χ3n) is 4.55. The highest BCUT2D eigenvalue weighted by Gasteiger charge is 2.08. The smallest absolute Gasteiger partial charge is 0.157 e. The van der Waals surface area contributed by atoms with Gasteiger partial charge in [0.25, 0.3) is 0 Å². The zero-order chi connectivity index (χ0) is 22.8. The summed E-state index contributed by atoms with van der Waals surface area (Å²) in [7, 11) is 0. The Kier molecular flexibility index (Phi) is 9.55. The second kappa shape index (κ2) is 12.1. The minimum atomic E-state index is -0.795. The van der Waals surface area contributed by atoms with E-state index in [4.69, 9.17) is 20.7 Å². The molecule has 0 aromatic heterocycles. The lowest BCUT2D eigenvalue weighted by Crippen LogP contribution is -2.35. The van der Waals surface area contributed by atoms with Crippen LogP contribution in [0.5, 0.6) is 17.2 Å². The average Bonchev–Trinajstić information content (AvgIpc) is 2.78. The van der Waals surface area contributed by atoms with Crippen LogP contribution in [-0.4, -0.2) is 52.3 Å². The first-order chi connectivity index (χ1) is 14.8. The summed E-state index contributed by atoms with van der Waals surface area (Å²) in [5.41, 5.74) is 5.69. The Hall–Kier alpha value is -2.84. The molecule has 0 heterocycles. The highest BCUT2D eigenvalue weighted by Crippen LogP contribution is 2.27. The van der Waals surface area contributed by atoms with Gasteiger partial charge in [-0.15, -0.1) is 0 Å². The van der Waals surface area contributed by atoms with Crippen molar-refractivity contribution in [3.8, 4) is 17.2 Å². The zero-order valence-electron chi connectivity index (χ0n) is 17.9. The van der Waals surface area contributed by atoms with Crippen molar-refractivity contribution in [3.63, 3.8) is 0 Å². The van der Waals surface area contributed by atoms with Crippen LogP contribution in [0.1, 0.15) is 25.5 Å². The molecule has 0 saturated carbocycles. The third-order valence-corrected chi connectivity index (χ3v) is 4.55. The molecule has 3 rings (SSSR count). The molecular formula is C24H32N2O5. The molecule has 1 unspecified atom stereocenters. The van der Waals surface area contributed by atoms with Gasteiger partial charge in [-0.2, -0.15) is 0 Å². The number of ether oxygens (including phenoxy) is 1. The van der Waals surface area contributed by atoms with Crippen LogP contribution in [0.3, 0.4) is 0 Å². The molecule has 0 aliphatic carbocycles. The number of phenols is 2. The Morgan fingerprint density at radius 1 is 0.935 bits per heavy atom. The summed E-state index contributed by atoms with van der Waals surface area (Å²) in [5.74, 6) is 0.365. The molecule has 0 aliphatic heterocycles. The highest BCUT2D eigenvalue weighted by atomic mass is 16.5. The fourth-order valence-corrected chi connectivity index (χ4v) is 2.82. The predicted molar refractivity (Wildman–Crippen MR) is 122 cm³/mol. The van der Waals surface area contributed by atoms with Gasteiger partial charge in [-0.3, -0.25) is 0 Å². The van der Waals surface area contributed by atoms with E-state index in [1.165, 1.54) is 18.2 Å². The monoisotopic (exact) mass is 428 g/mol. The van der Waals surface area contributed by atoms with Crippen molar-refractivity contribution in [2.24, 2.45) is 5.73 Å². The number of aromatic hydroxyl groups is 2. The molecule has 0 saturated heterocycles. The van der Waals surface area contributed by atoms with Crippen molar-refractivity contribution in [1.82, 2.24) is 5.32 Å². The number of phenolic OH excluding ortho intramolecular Hbond substituents is 2. The first-order valence-corrected chi connectivity index (χ1v) is 10.2. The molecule has 0 fully saturated rings. The maximum absolute atomic E-state index is 9.84. The number of hydrogen-bond acceptors (Lipinski definition) is 7. The van der Waals surface area contributed by atoms with Crippen molar-refractivity contribution >= 4 is 10.8 Å². The zero-order valence-corrected chi connectivity index (χ0v) is 17.9. The summed E-state index contributed by atoms with van der Waals surface area (Å²) in [6.07, 6.45) is -1.29. The maximum Gasteiger partial charge on any atom is 0.157 e. The summed E-state index contributed by atoms with van der Waals surface area (Å²) in [4.78, 5) is 0. The summed E-state index contributed by atoms with van der Waals surface area (Å²) in [5, 5.41) is 42.5. The summed E-state index contributed by atoms with van der Waals surface area (Å²) in [6, 6.07) is 18.5. The summed E-state index contributed by atoms with van der Waals surface area (Å²) >= 11 is 0. The normalized spacial score (nSPS) is 12.8. The molecule has 3 aromatic carbocycles. The van der Waals surface area contributed by atoms with Crippen LogP contribution in [0, 0.1) is 0 Å². The lowest BCUT2D eigenvalue weighted by atomic mass is 10.1. The third kappa shape index (κ3) is 7.73. The van der Waals surface area contributed by atoms with E-state index in [1.807, 2.05) is 30.3 Å². The van der Waals surface area contributed by atoms with Gasteiger partial charge in [-0.25, -0.2) is 0 Å². The first-order valence-electron chi connectivity index (χ1n) is 10.2. The second-order valence-corrected chi connectivity index (χ2v) is 7.50. The van der Waals surface area contributed by atoms with E-state index in [0.29, 0.717) is 24.8 Å². The molecule has 7 N–H and O–H groups in total. The largest absolute Gasteiger partial charge is 0.504 e. The SMILES string of the molecule is CC(C)NCC(O)COc1cccc2ccccc12.NC[C@H](O)c1ccc(O)c(O)c1. The molecule has 31 heavy (non-hydrogen) atoms. The van der Waals surface area contributed by atoms with Crippen molar-refractivity contribution in [3.05, 3.63) is 66.2 Å². The number of aliphatic hydroxyl groups excluding tert-OH is 2. The van der Waals surface area contributed by atoms with E-state index in [-0.39, 0.29) is 18.0 Å². The van der Waals surface area contributed by atoms with E-state index in [0.717, 1.165) is 16.5 Å². The Labute approximate surface area is 182 Å². The van der Waals surface area contributed by atoms with Crippen LogP contribution in [0.2, 0.25) is 0 Å². The van der Waals surface area contributed by atoms with Gasteiger partial charge in [0, 0.05) is 24.5 Å². The van der Waals surface area contributed by atoms with Gasteiger partial charge in [0.1, 0.15) is 18.5 Å². The Balaban J connectivity index is 0.000000245. The van der Waals surface area contributed by atoms with Crippen molar-refractivity contribution in [1.29, 1.82) is 0 Å².